The standard InChI is InChI=1S/C18H27N3O4/c1-11(2)9-15(17(24)19-4)21-18(25)16(20-12(3)22)10-13-5-7-14(23)8-6-13/h5-8,11,15-16,23H,9-10H2,1-4H3,(H,19,24)(H,20,22)(H,21,25)/t15-,16-/m0/s1/i3D/hD. The van der Waals surface area contributed by atoms with Crippen LogP contribution in [0.25, 0.3) is 0 Å². The summed E-state index contributed by atoms with van der Waals surface area (Å²) < 4.78 is 15.1. The number of likely N-dealkylation sites (N-methyl/N-ethyl adjacent to an activating group) is 1. The van der Waals surface area contributed by atoms with Gasteiger partial charge in [0.1, 0.15) is 17.8 Å². The minimum atomic E-state index is -1.20. The highest BCUT2D eigenvalue weighted by Crippen LogP contribution is 2.12. The first kappa shape index (κ1) is 17.3. The van der Waals surface area contributed by atoms with E-state index in [2.05, 4.69) is 10.6 Å². The summed E-state index contributed by atoms with van der Waals surface area (Å²) in [7, 11) is 1.47. The van der Waals surface area contributed by atoms with Crippen LogP contribution >= 0.6 is 0 Å². The van der Waals surface area contributed by atoms with Gasteiger partial charge in [0.2, 0.25) is 17.7 Å². The minimum Gasteiger partial charge on any atom is -0.508 e. The second-order valence-electron chi connectivity index (χ2n) is 6.21. The Morgan fingerprint density at radius 1 is 1.16 bits per heavy atom. The predicted octanol–water partition coefficient (Wildman–Crippen LogP) is 0.716. The van der Waals surface area contributed by atoms with E-state index >= 15 is 0 Å². The molecular formula is C18H27N3O4. The number of rotatable bonds is 8. The van der Waals surface area contributed by atoms with Gasteiger partial charge in [-0.3, -0.25) is 14.4 Å². The van der Waals surface area contributed by atoms with Crippen molar-refractivity contribution in [3.8, 4) is 5.75 Å². The molecule has 2 atom stereocenters. The van der Waals surface area contributed by atoms with Gasteiger partial charge < -0.3 is 21.0 Å². The third-order valence-corrected chi connectivity index (χ3v) is 3.55. The van der Waals surface area contributed by atoms with Gasteiger partial charge in [0, 0.05) is 21.7 Å². The number of aromatic hydroxyl groups is 1. The third-order valence-electron chi connectivity index (χ3n) is 3.55. The van der Waals surface area contributed by atoms with Crippen LogP contribution in [0, 0.1) is 5.92 Å². The van der Waals surface area contributed by atoms with Crippen LogP contribution in [0.2, 0.25) is 1.41 Å². The summed E-state index contributed by atoms with van der Waals surface area (Å²) in [6.45, 7) is 3.17. The van der Waals surface area contributed by atoms with Gasteiger partial charge >= 0.3 is 0 Å². The fourth-order valence-electron chi connectivity index (χ4n) is 2.37. The molecule has 0 saturated heterocycles. The lowest BCUT2D eigenvalue weighted by molar-refractivity contribution is -0.131. The molecule has 7 nitrogen and oxygen atoms in total. The molecule has 0 saturated carbocycles. The summed E-state index contributed by atoms with van der Waals surface area (Å²) in [4.78, 5) is 36.6. The fourth-order valence-corrected chi connectivity index (χ4v) is 2.37. The van der Waals surface area contributed by atoms with E-state index in [1.165, 1.54) is 19.2 Å². The number of hydrogen-bond acceptors (Lipinski definition) is 4. The molecule has 0 bridgehead atoms. The van der Waals surface area contributed by atoms with Gasteiger partial charge in [0.05, 0.1) is 0 Å². The second kappa shape index (κ2) is 9.66. The zero-order valence-electron chi connectivity index (χ0n) is 16.8. The Morgan fingerprint density at radius 3 is 2.32 bits per heavy atom. The summed E-state index contributed by atoms with van der Waals surface area (Å²) in [5.74, 6) is -1.63. The lowest BCUT2D eigenvalue weighted by atomic mass is 10.0. The van der Waals surface area contributed by atoms with Crippen LogP contribution in [-0.2, 0) is 20.8 Å². The number of phenolic OH excluding ortho intramolecular Hbond substituents is 1. The fraction of sp³-hybridized carbons (Fsp3) is 0.500. The Bertz CT molecular complexity index is 653. The van der Waals surface area contributed by atoms with E-state index in [0.29, 0.717) is 17.3 Å². The van der Waals surface area contributed by atoms with Crippen molar-refractivity contribution in [3.05, 3.63) is 29.8 Å². The highest BCUT2D eigenvalue weighted by Gasteiger charge is 2.26. The summed E-state index contributed by atoms with van der Waals surface area (Å²) in [5, 5.41) is 15.0. The van der Waals surface area contributed by atoms with Gasteiger partial charge in [0.15, 0.2) is 1.41 Å². The molecule has 0 aliphatic rings. The van der Waals surface area contributed by atoms with Crippen molar-refractivity contribution >= 4 is 17.7 Å². The number of carbonyl (C=O) groups excluding carboxylic acids is 3. The first-order chi connectivity index (χ1) is 12.7. The Balaban J connectivity index is 3.04. The van der Waals surface area contributed by atoms with Gasteiger partial charge in [-0.1, -0.05) is 26.0 Å². The van der Waals surface area contributed by atoms with E-state index in [9.17, 15) is 19.5 Å². The topological polar surface area (TPSA) is 108 Å². The number of nitrogens with one attached hydrogen (secondary N) is 3. The zero-order chi connectivity index (χ0) is 20.6. The van der Waals surface area contributed by atoms with Crippen molar-refractivity contribution in [1.82, 2.24) is 15.9 Å². The van der Waals surface area contributed by atoms with Crippen LogP contribution in [-0.4, -0.2) is 42.0 Å². The van der Waals surface area contributed by atoms with Gasteiger partial charge in [0.25, 0.3) is 0 Å². The van der Waals surface area contributed by atoms with Crippen molar-refractivity contribution in [1.29, 1.82) is 0 Å². The molecule has 138 valence electrons. The highest BCUT2D eigenvalue weighted by molar-refractivity contribution is 5.91. The van der Waals surface area contributed by atoms with Crippen LogP contribution in [0.15, 0.2) is 24.3 Å². The lowest BCUT2D eigenvalue weighted by Crippen LogP contribution is -2.54. The molecule has 0 aromatic heterocycles. The molecule has 4 N–H and O–H groups in total. The van der Waals surface area contributed by atoms with Gasteiger partial charge in [-0.25, -0.2) is 0 Å². The molecule has 0 radical (unpaired) electrons. The molecule has 3 amide bonds. The van der Waals surface area contributed by atoms with Crippen molar-refractivity contribution in [3.63, 3.8) is 0 Å². The van der Waals surface area contributed by atoms with Gasteiger partial charge in [-0.15, -0.1) is 0 Å². The van der Waals surface area contributed by atoms with Crippen LogP contribution in [0.5, 0.6) is 5.75 Å². The molecule has 0 fully saturated rings. The molecule has 1 rings (SSSR count). The predicted molar refractivity (Wildman–Crippen MR) is 94.9 cm³/mol. The van der Waals surface area contributed by atoms with E-state index < -0.39 is 30.8 Å². The van der Waals surface area contributed by atoms with E-state index in [1.807, 2.05) is 13.8 Å². The van der Waals surface area contributed by atoms with Gasteiger partial charge in [-0.05, 0) is 30.0 Å². The number of phenols is 1. The van der Waals surface area contributed by atoms with E-state index in [4.69, 9.17) is 2.78 Å². The smallest absolute Gasteiger partial charge is 0.243 e. The molecule has 0 aliphatic heterocycles. The maximum absolute atomic E-state index is 12.8. The number of amides is 3. The molecule has 0 aliphatic carbocycles. The summed E-state index contributed by atoms with van der Waals surface area (Å²) in [5.41, 5.74) is 0.628. The average Bonchev–Trinajstić information content (AvgIpc) is 2.64. The van der Waals surface area contributed by atoms with Crippen molar-refractivity contribution in [2.24, 2.45) is 5.92 Å². The maximum atomic E-state index is 12.8. The first-order valence-corrected chi connectivity index (χ1v) is 8.09. The van der Waals surface area contributed by atoms with Crippen LogP contribution in [0.1, 0.15) is 34.1 Å². The largest absolute Gasteiger partial charge is 0.508 e. The molecule has 0 spiro atoms. The van der Waals surface area contributed by atoms with Crippen LogP contribution < -0.4 is 15.9 Å². The molecule has 1 aromatic carbocycles. The first-order valence-electron chi connectivity index (χ1n) is 9.25. The Hall–Kier alpha value is -2.57. The zero-order valence-corrected chi connectivity index (χ0v) is 14.8. The Morgan fingerprint density at radius 2 is 1.80 bits per heavy atom. The number of carbonyl (C=O) groups is 3. The summed E-state index contributed by atoms with van der Waals surface area (Å²) >= 11 is 0. The summed E-state index contributed by atoms with van der Waals surface area (Å²) in [6, 6.07) is 4.06. The second-order valence-corrected chi connectivity index (χ2v) is 6.21. The van der Waals surface area contributed by atoms with E-state index in [0.717, 1.165) is 0 Å². The Labute approximate surface area is 151 Å². The maximum Gasteiger partial charge on any atom is 0.243 e. The van der Waals surface area contributed by atoms with Crippen LogP contribution in [0.3, 0.4) is 0 Å². The van der Waals surface area contributed by atoms with E-state index in [-0.39, 0.29) is 24.0 Å². The Kier molecular flexibility index (Phi) is 6.67. The molecular weight excluding hydrogens is 322 g/mol. The third kappa shape index (κ3) is 7.24. The molecule has 1 aromatic rings. The monoisotopic (exact) mass is 351 g/mol. The number of hydrogen-bond donors (Lipinski definition) is 4. The van der Waals surface area contributed by atoms with Gasteiger partial charge in [-0.2, -0.15) is 0 Å². The molecule has 0 heterocycles. The quantitative estimate of drug-likeness (QED) is 0.553. The average molecular weight is 351 g/mol. The van der Waals surface area contributed by atoms with Crippen LogP contribution in [0.4, 0.5) is 0 Å². The van der Waals surface area contributed by atoms with E-state index in [1.54, 1.807) is 12.1 Å². The number of benzene rings is 1. The van der Waals surface area contributed by atoms with Crippen molar-refractivity contribution in [2.75, 3.05) is 7.05 Å². The van der Waals surface area contributed by atoms with Crippen molar-refractivity contribution in [2.45, 2.75) is 45.7 Å². The molecule has 7 heteroatoms. The molecule has 25 heavy (non-hydrogen) atoms. The van der Waals surface area contributed by atoms with Crippen molar-refractivity contribution < 1.29 is 22.3 Å². The summed E-state index contributed by atoms with van der Waals surface area (Å²) in [6.07, 6.45) is 0.422. The molecule has 0 unspecified atom stereocenters. The SMILES string of the molecule is [2H]CC(=O)N([2H])[C@@H](Cc1ccc(O)cc1)C(=O)N[C@@H](CC(C)C)C(=O)NC. The normalized spacial score (nSPS) is 14.1. The highest BCUT2D eigenvalue weighted by atomic mass is 16.3. The minimum absolute atomic E-state index is 0.0174. The lowest BCUT2D eigenvalue weighted by Gasteiger charge is -2.23.